The van der Waals surface area contributed by atoms with Crippen molar-refractivity contribution in [3.63, 3.8) is 0 Å². The van der Waals surface area contributed by atoms with E-state index in [2.05, 4.69) is 6.92 Å². The number of hydrogen-bond acceptors (Lipinski definition) is 3. The maximum Gasteiger partial charge on any atom is 0.172 e. The molecule has 1 unspecified atom stereocenters. The van der Waals surface area contributed by atoms with E-state index in [-0.39, 0.29) is 18.0 Å². The standard InChI is InChI=1S/C22H28O3/c1-4-5-6-9-15-22(2,25-3)21(24)16-20(23)19-14-10-12-17-11-7-8-13-18(17)19/h7-8,10-14H,4-6,9,15-16H2,1-3H3. The molecule has 0 radical (unpaired) electrons. The molecule has 0 spiro atoms. The molecule has 0 aliphatic carbocycles. The van der Waals surface area contributed by atoms with Crippen LogP contribution < -0.4 is 0 Å². The number of hydrogen-bond donors (Lipinski definition) is 0. The third kappa shape index (κ3) is 4.76. The number of methoxy groups -OCH3 is 1. The highest BCUT2D eigenvalue weighted by Crippen LogP contribution is 2.25. The minimum Gasteiger partial charge on any atom is -0.371 e. The van der Waals surface area contributed by atoms with Crippen LogP contribution in [0.2, 0.25) is 0 Å². The average Bonchev–Trinajstić information content (AvgIpc) is 2.64. The molecule has 1 atom stereocenters. The summed E-state index contributed by atoms with van der Waals surface area (Å²) in [7, 11) is 1.56. The number of benzene rings is 2. The quantitative estimate of drug-likeness (QED) is 0.332. The summed E-state index contributed by atoms with van der Waals surface area (Å²) in [6.45, 7) is 3.96. The van der Waals surface area contributed by atoms with E-state index in [0.29, 0.717) is 12.0 Å². The van der Waals surface area contributed by atoms with Crippen LogP contribution in [0.15, 0.2) is 42.5 Å². The molecule has 0 bridgehead atoms. The highest BCUT2D eigenvalue weighted by molar-refractivity contribution is 6.15. The van der Waals surface area contributed by atoms with Crippen LogP contribution in [-0.2, 0) is 9.53 Å². The van der Waals surface area contributed by atoms with Crippen molar-refractivity contribution >= 4 is 22.3 Å². The second kappa shape index (κ2) is 8.91. The highest BCUT2D eigenvalue weighted by Gasteiger charge is 2.33. The lowest BCUT2D eigenvalue weighted by atomic mass is 9.88. The molecule has 134 valence electrons. The molecular weight excluding hydrogens is 312 g/mol. The Morgan fingerprint density at radius 1 is 1.00 bits per heavy atom. The molecule has 3 nitrogen and oxygen atoms in total. The first-order chi connectivity index (χ1) is 12.0. The first-order valence-electron chi connectivity index (χ1n) is 9.11. The Kier molecular flexibility index (Phi) is 6.89. The zero-order valence-electron chi connectivity index (χ0n) is 15.5. The fourth-order valence-electron chi connectivity index (χ4n) is 3.14. The van der Waals surface area contributed by atoms with E-state index in [1.165, 1.54) is 0 Å². The highest BCUT2D eigenvalue weighted by atomic mass is 16.5. The van der Waals surface area contributed by atoms with Gasteiger partial charge in [0.25, 0.3) is 0 Å². The van der Waals surface area contributed by atoms with Crippen molar-refractivity contribution in [1.29, 1.82) is 0 Å². The third-order valence-corrected chi connectivity index (χ3v) is 4.96. The lowest BCUT2D eigenvalue weighted by Crippen LogP contribution is -2.38. The van der Waals surface area contributed by atoms with Crippen LogP contribution in [0.1, 0.15) is 62.7 Å². The van der Waals surface area contributed by atoms with E-state index >= 15 is 0 Å². The van der Waals surface area contributed by atoms with Gasteiger partial charge in [0, 0.05) is 12.7 Å². The van der Waals surface area contributed by atoms with E-state index in [1.54, 1.807) is 20.1 Å². The number of rotatable bonds is 10. The molecule has 2 aromatic carbocycles. The Bertz CT molecular complexity index is 730. The molecule has 0 aromatic heterocycles. The van der Waals surface area contributed by atoms with E-state index in [4.69, 9.17) is 4.74 Å². The van der Waals surface area contributed by atoms with Crippen LogP contribution in [-0.4, -0.2) is 24.3 Å². The average molecular weight is 340 g/mol. The SMILES string of the molecule is CCCCCCC(C)(OC)C(=O)CC(=O)c1cccc2ccccc12. The first kappa shape index (κ1) is 19.3. The number of carbonyl (C=O) groups is 2. The number of Topliss-reactive ketones (excluding diaryl/α,β-unsaturated/α-hetero) is 2. The number of unbranched alkanes of at least 4 members (excludes halogenated alkanes) is 3. The van der Waals surface area contributed by atoms with Crippen LogP contribution in [0.4, 0.5) is 0 Å². The normalized spacial score (nSPS) is 13.6. The number of fused-ring (bicyclic) bond motifs is 1. The second-order valence-electron chi connectivity index (χ2n) is 6.80. The molecule has 3 heteroatoms. The Hall–Kier alpha value is -2.00. The van der Waals surface area contributed by atoms with Gasteiger partial charge in [-0.2, -0.15) is 0 Å². The van der Waals surface area contributed by atoms with Crippen LogP contribution in [0.25, 0.3) is 10.8 Å². The summed E-state index contributed by atoms with van der Waals surface area (Å²) >= 11 is 0. The lowest BCUT2D eigenvalue weighted by Gasteiger charge is -2.26. The molecular formula is C22H28O3. The van der Waals surface area contributed by atoms with Gasteiger partial charge >= 0.3 is 0 Å². The molecule has 0 saturated heterocycles. The molecule has 0 fully saturated rings. The maximum absolute atomic E-state index is 12.7. The van der Waals surface area contributed by atoms with Crippen molar-refractivity contribution in [2.24, 2.45) is 0 Å². The Morgan fingerprint density at radius 3 is 2.44 bits per heavy atom. The van der Waals surface area contributed by atoms with Gasteiger partial charge in [0.15, 0.2) is 11.6 Å². The summed E-state index contributed by atoms with van der Waals surface area (Å²) in [5.41, 5.74) is -0.274. The minimum atomic E-state index is -0.881. The third-order valence-electron chi connectivity index (χ3n) is 4.96. The fraction of sp³-hybridized carbons (Fsp3) is 0.455. The second-order valence-corrected chi connectivity index (χ2v) is 6.80. The van der Waals surface area contributed by atoms with Crippen molar-refractivity contribution in [2.75, 3.05) is 7.11 Å². The Labute approximate surface area is 150 Å². The van der Waals surface area contributed by atoms with Gasteiger partial charge in [-0.25, -0.2) is 0 Å². The molecule has 0 saturated carbocycles. The predicted octanol–water partition coefficient (Wildman–Crippen LogP) is 5.36. The van der Waals surface area contributed by atoms with Crippen molar-refractivity contribution in [1.82, 2.24) is 0 Å². The van der Waals surface area contributed by atoms with Gasteiger partial charge in [0.1, 0.15) is 5.60 Å². The van der Waals surface area contributed by atoms with Crippen LogP contribution in [0.3, 0.4) is 0 Å². The monoisotopic (exact) mass is 340 g/mol. The summed E-state index contributed by atoms with van der Waals surface area (Å²) < 4.78 is 5.50. The Morgan fingerprint density at radius 2 is 1.72 bits per heavy atom. The summed E-state index contributed by atoms with van der Waals surface area (Å²) in [5, 5.41) is 1.90. The molecule has 0 amide bonds. The van der Waals surface area contributed by atoms with Crippen molar-refractivity contribution in [2.45, 2.75) is 58.0 Å². The number of ketones is 2. The van der Waals surface area contributed by atoms with E-state index < -0.39 is 5.60 Å². The van der Waals surface area contributed by atoms with Crippen molar-refractivity contribution < 1.29 is 14.3 Å². The molecule has 25 heavy (non-hydrogen) atoms. The summed E-state index contributed by atoms with van der Waals surface area (Å²) in [6, 6.07) is 13.4. The zero-order valence-corrected chi connectivity index (χ0v) is 15.5. The largest absolute Gasteiger partial charge is 0.371 e. The molecule has 2 rings (SSSR count). The van der Waals surface area contributed by atoms with Crippen LogP contribution >= 0.6 is 0 Å². The molecule has 0 aliphatic heterocycles. The van der Waals surface area contributed by atoms with Gasteiger partial charge in [-0.05, 0) is 24.1 Å². The number of carbonyl (C=O) groups excluding carboxylic acids is 2. The molecule has 0 heterocycles. The van der Waals surface area contributed by atoms with E-state index in [1.807, 2.05) is 36.4 Å². The van der Waals surface area contributed by atoms with Crippen molar-refractivity contribution in [3.8, 4) is 0 Å². The fourth-order valence-corrected chi connectivity index (χ4v) is 3.14. The predicted molar refractivity (Wildman–Crippen MR) is 102 cm³/mol. The maximum atomic E-state index is 12.7. The zero-order chi connectivity index (χ0) is 18.3. The van der Waals surface area contributed by atoms with Crippen molar-refractivity contribution in [3.05, 3.63) is 48.0 Å². The van der Waals surface area contributed by atoms with Gasteiger partial charge in [-0.3, -0.25) is 9.59 Å². The van der Waals surface area contributed by atoms with Gasteiger partial charge in [0.05, 0.1) is 6.42 Å². The van der Waals surface area contributed by atoms with Gasteiger partial charge < -0.3 is 4.74 Å². The lowest BCUT2D eigenvalue weighted by molar-refractivity contribution is -0.139. The van der Waals surface area contributed by atoms with Crippen LogP contribution in [0.5, 0.6) is 0 Å². The van der Waals surface area contributed by atoms with Gasteiger partial charge in [0.2, 0.25) is 0 Å². The molecule has 0 N–H and O–H groups in total. The van der Waals surface area contributed by atoms with Gasteiger partial charge in [-0.15, -0.1) is 0 Å². The molecule has 0 aliphatic rings. The van der Waals surface area contributed by atoms with Crippen LogP contribution in [0, 0.1) is 0 Å². The number of ether oxygens (including phenoxy) is 1. The molecule has 2 aromatic rings. The van der Waals surface area contributed by atoms with E-state index in [9.17, 15) is 9.59 Å². The van der Waals surface area contributed by atoms with Gasteiger partial charge in [-0.1, -0.05) is 75.1 Å². The first-order valence-corrected chi connectivity index (χ1v) is 9.11. The summed E-state index contributed by atoms with van der Waals surface area (Å²) in [6.07, 6.45) is 4.86. The Balaban J connectivity index is 2.11. The summed E-state index contributed by atoms with van der Waals surface area (Å²) in [5.74, 6) is -0.275. The van der Waals surface area contributed by atoms with E-state index in [0.717, 1.165) is 36.5 Å². The minimum absolute atomic E-state index is 0.119. The smallest absolute Gasteiger partial charge is 0.172 e. The summed E-state index contributed by atoms with van der Waals surface area (Å²) in [4.78, 5) is 25.5. The topological polar surface area (TPSA) is 43.4 Å².